The second-order valence-electron chi connectivity index (χ2n) is 7.28. The largest absolute Gasteiger partial charge is 0.381 e. The van der Waals surface area contributed by atoms with Crippen LogP contribution in [0.5, 0.6) is 0 Å². The fourth-order valence-electron chi connectivity index (χ4n) is 3.40. The highest BCUT2D eigenvalue weighted by Gasteiger charge is 2.27. The third-order valence-electron chi connectivity index (χ3n) is 5.02. The normalized spacial score (nSPS) is 20.2. The number of hydrogen-bond donors (Lipinski definition) is 0. The highest BCUT2D eigenvalue weighted by molar-refractivity contribution is 5.78. The fourth-order valence-corrected chi connectivity index (χ4v) is 3.40. The Kier molecular flexibility index (Phi) is 4.83. The Morgan fingerprint density at radius 2 is 1.92 bits per heavy atom. The molecule has 0 unspecified atom stereocenters. The summed E-state index contributed by atoms with van der Waals surface area (Å²) >= 11 is 0. The summed E-state index contributed by atoms with van der Waals surface area (Å²) < 4.78 is 8.09. The number of ether oxygens (including phenoxy) is 1. The average molecular weight is 339 g/mol. The summed E-state index contributed by atoms with van der Waals surface area (Å²) in [6.07, 6.45) is 6.88. The molecule has 2 aromatic rings. The number of aromatic nitrogens is 2. The van der Waals surface area contributed by atoms with Gasteiger partial charge in [0.2, 0.25) is 5.91 Å². The van der Waals surface area contributed by atoms with Gasteiger partial charge in [-0.05, 0) is 24.3 Å². The van der Waals surface area contributed by atoms with Crippen molar-refractivity contribution in [2.75, 3.05) is 19.8 Å². The Morgan fingerprint density at radius 3 is 2.72 bits per heavy atom. The Labute approximate surface area is 148 Å². The number of carbonyl (C=O) groups excluding carboxylic acids is 1. The number of fused-ring (bicyclic) bond motifs is 1. The number of amides is 1. The molecule has 2 aliphatic rings. The highest BCUT2D eigenvalue weighted by Crippen LogP contribution is 2.29. The number of hydrogen-bond acceptors (Lipinski definition) is 3. The molecule has 0 saturated heterocycles. The van der Waals surface area contributed by atoms with Crippen molar-refractivity contribution in [3.05, 3.63) is 54.1 Å². The molecule has 25 heavy (non-hydrogen) atoms. The zero-order valence-electron chi connectivity index (χ0n) is 14.5. The van der Waals surface area contributed by atoms with Gasteiger partial charge < -0.3 is 14.2 Å². The van der Waals surface area contributed by atoms with Gasteiger partial charge in [-0.3, -0.25) is 4.79 Å². The van der Waals surface area contributed by atoms with Crippen LogP contribution in [0, 0.1) is 11.8 Å². The molecule has 0 spiro atoms. The minimum Gasteiger partial charge on any atom is -0.381 e. The van der Waals surface area contributed by atoms with Crippen LogP contribution < -0.4 is 0 Å². The van der Waals surface area contributed by atoms with Crippen molar-refractivity contribution in [3.63, 3.8) is 0 Å². The maximum absolute atomic E-state index is 12.8. The van der Waals surface area contributed by atoms with Crippen molar-refractivity contribution in [2.45, 2.75) is 32.4 Å². The third kappa shape index (κ3) is 4.28. The number of imidazole rings is 1. The second kappa shape index (κ2) is 7.40. The van der Waals surface area contributed by atoms with Crippen LogP contribution in [0.3, 0.4) is 0 Å². The first-order chi connectivity index (χ1) is 12.3. The minimum atomic E-state index is 0.162. The van der Waals surface area contributed by atoms with Crippen LogP contribution in [-0.4, -0.2) is 40.1 Å². The predicted molar refractivity (Wildman–Crippen MR) is 94.8 cm³/mol. The lowest BCUT2D eigenvalue weighted by Gasteiger charge is -2.24. The first-order valence-electron chi connectivity index (χ1n) is 9.17. The summed E-state index contributed by atoms with van der Waals surface area (Å²) in [5, 5.41) is 0. The molecule has 1 aromatic carbocycles. The summed E-state index contributed by atoms with van der Waals surface area (Å²) in [6, 6.07) is 9.95. The van der Waals surface area contributed by atoms with Crippen LogP contribution in [0.1, 0.15) is 24.2 Å². The third-order valence-corrected chi connectivity index (χ3v) is 5.02. The van der Waals surface area contributed by atoms with Crippen LogP contribution in [0.15, 0.2) is 42.7 Å². The van der Waals surface area contributed by atoms with Crippen LogP contribution >= 0.6 is 0 Å². The standard InChI is InChI=1S/C20H25N3O2/c24-20(10-16-4-2-1-3-5-16)23-12-18(15-25-14-17-6-7-17)11-22-9-8-21-19(22)13-23/h1-5,8-9,17-18H,6-7,10-15H2/t18-/m1/s1. The molecule has 132 valence electrons. The molecule has 1 aromatic heterocycles. The molecule has 0 radical (unpaired) electrons. The maximum Gasteiger partial charge on any atom is 0.227 e. The molecule has 5 heteroatoms. The van der Waals surface area contributed by atoms with E-state index >= 15 is 0 Å². The molecule has 1 amide bonds. The lowest BCUT2D eigenvalue weighted by atomic mass is 10.1. The van der Waals surface area contributed by atoms with Crippen LogP contribution in [-0.2, 0) is 29.0 Å². The van der Waals surface area contributed by atoms with Crippen molar-refractivity contribution in [2.24, 2.45) is 11.8 Å². The molecule has 1 saturated carbocycles. The molecule has 0 N–H and O–H groups in total. The highest BCUT2D eigenvalue weighted by atomic mass is 16.5. The number of nitrogens with zero attached hydrogens (tertiary/aromatic N) is 3. The molecular formula is C20H25N3O2. The van der Waals surface area contributed by atoms with Crippen molar-refractivity contribution < 1.29 is 9.53 Å². The number of benzene rings is 1. The summed E-state index contributed by atoms with van der Waals surface area (Å²) in [7, 11) is 0. The van der Waals surface area contributed by atoms with Gasteiger partial charge in [0.1, 0.15) is 5.82 Å². The van der Waals surface area contributed by atoms with E-state index in [0.29, 0.717) is 25.5 Å². The van der Waals surface area contributed by atoms with E-state index in [0.717, 1.165) is 37.0 Å². The van der Waals surface area contributed by atoms with Crippen molar-refractivity contribution >= 4 is 5.91 Å². The lowest BCUT2D eigenvalue weighted by molar-refractivity contribution is -0.132. The van der Waals surface area contributed by atoms with E-state index < -0.39 is 0 Å². The SMILES string of the molecule is O=C(Cc1ccccc1)N1Cc2nccn2C[C@@H](COCC2CC2)C1. The molecule has 1 fully saturated rings. The van der Waals surface area contributed by atoms with E-state index in [2.05, 4.69) is 9.55 Å². The van der Waals surface area contributed by atoms with Crippen LogP contribution in [0.4, 0.5) is 0 Å². The maximum atomic E-state index is 12.8. The van der Waals surface area contributed by atoms with Crippen molar-refractivity contribution in [1.29, 1.82) is 0 Å². The molecule has 4 rings (SSSR count). The number of carbonyl (C=O) groups is 1. The van der Waals surface area contributed by atoms with E-state index in [4.69, 9.17) is 4.74 Å². The monoisotopic (exact) mass is 339 g/mol. The van der Waals surface area contributed by atoms with E-state index in [9.17, 15) is 4.79 Å². The fraction of sp³-hybridized carbons (Fsp3) is 0.500. The summed E-state index contributed by atoms with van der Waals surface area (Å²) in [5.74, 6) is 2.21. The summed E-state index contributed by atoms with van der Waals surface area (Å²) in [4.78, 5) is 19.2. The minimum absolute atomic E-state index is 0.162. The second-order valence-corrected chi connectivity index (χ2v) is 7.28. The van der Waals surface area contributed by atoms with Gasteiger partial charge in [0.05, 0.1) is 19.6 Å². The molecule has 1 aliphatic heterocycles. The molecule has 2 heterocycles. The first kappa shape index (κ1) is 16.3. The topological polar surface area (TPSA) is 47.4 Å². The summed E-state index contributed by atoms with van der Waals surface area (Å²) in [5.41, 5.74) is 1.06. The van der Waals surface area contributed by atoms with E-state index in [1.54, 1.807) is 0 Å². The van der Waals surface area contributed by atoms with Gasteiger partial charge in [-0.25, -0.2) is 4.98 Å². The molecular weight excluding hydrogens is 314 g/mol. The quantitative estimate of drug-likeness (QED) is 0.812. The van der Waals surface area contributed by atoms with Gasteiger partial charge in [0.25, 0.3) is 0 Å². The molecule has 0 bridgehead atoms. The van der Waals surface area contributed by atoms with E-state index in [1.807, 2.05) is 47.6 Å². The molecule has 1 atom stereocenters. The molecule has 1 aliphatic carbocycles. The average Bonchev–Trinajstić information content (AvgIpc) is 3.38. The Hall–Kier alpha value is -2.14. The zero-order valence-corrected chi connectivity index (χ0v) is 14.5. The lowest BCUT2D eigenvalue weighted by Crippen LogP contribution is -2.36. The smallest absolute Gasteiger partial charge is 0.227 e. The Bertz CT molecular complexity index is 709. The van der Waals surface area contributed by atoms with Crippen molar-refractivity contribution in [3.8, 4) is 0 Å². The Balaban J connectivity index is 1.43. The number of rotatable bonds is 6. The van der Waals surface area contributed by atoms with Gasteiger partial charge in [-0.1, -0.05) is 30.3 Å². The molecule has 5 nitrogen and oxygen atoms in total. The summed E-state index contributed by atoms with van der Waals surface area (Å²) in [6.45, 7) is 3.76. The first-order valence-corrected chi connectivity index (χ1v) is 9.17. The van der Waals surface area contributed by atoms with Crippen LogP contribution in [0.25, 0.3) is 0 Å². The van der Waals surface area contributed by atoms with Gasteiger partial charge >= 0.3 is 0 Å². The van der Waals surface area contributed by atoms with Gasteiger partial charge in [0.15, 0.2) is 0 Å². The van der Waals surface area contributed by atoms with E-state index in [-0.39, 0.29) is 5.91 Å². The zero-order chi connectivity index (χ0) is 17.1. The van der Waals surface area contributed by atoms with Gasteiger partial charge in [-0.2, -0.15) is 0 Å². The van der Waals surface area contributed by atoms with Crippen molar-refractivity contribution in [1.82, 2.24) is 14.5 Å². The van der Waals surface area contributed by atoms with Crippen LogP contribution in [0.2, 0.25) is 0 Å². The van der Waals surface area contributed by atoms with E-state index in [1.165, 1.54) is 12.8 Å². The van der Waals surface area contributed by atoms with Gasteiger partial charge in [-0.15, -0.1) is 0 Å². The Morgan fingerprint density at radius 1 is 1.12 bits per heavy atom. The van der Waals surface area contributed by atoms with Gasteiger partial charge in [0, 0.05) is 38.0 Å². The predicted octanol–water partition coefficient (Wildman–Crippen LogP) is 2.51.